The summed E-state index contributed by atoms with van der Waals surface area (Å²) >= 11 is 6.29. The Bertz CT molecular complexity index is 2400. The molecule has 4 N–H and O–H groups in total. The van der Waals surface area contributed by atoms with Crippen molar-refractivity contribution in [3.63, 3.8) is 0 Å². The molecule has 12 nitrogen and oxygen atoms in total. The lowest BCUT2D eigenvalue weighted by Crippen LogP contribution is -2.42. The zero-order chi connectivity index (χ0) is 40.3. The lowest BCUT2D eigenvalue weighted by molar-refractivity contribution is -0.137. The lowest BCUT2D eigenvalue weighted by Gasteiger charge is -2.31. The summed E-state index contributed by atoms with van der Waals surface area (Å²) in [6.45, 7) is 1.19. The number of hydrogen-bond donors (Lipinski definition) is 4. The van der Waals surface area contributed by atoms with Gasteiger partial charge in [-0.1, -0.05) is 103 Å². The van der Waals surface area contributed by atoms with Crippen LogP contribution in [0.1, 0.15) is 72.6 Å². The third-order valence-corrected chi connectivity index (χ3v) is 11.4. The molecular formula is C45H45ClN8O4. The number of hydrogen-bond acceptors (Lipinski definition) is 6. The summed E-state index contributed by atoms with van der Waals surface area (Å²) in [7, 11) is 3.83. The molecule has 4 aromatic carbocycles. The van der Waals surface area contributed by atoms with Gasteiger partial charge >= 0.3 is 6.09 Å². The summed E-state index contributed by atoms with van der Waals surface area (Å²) in [6, 6.07) is 31.1. The number of likely N-dealkylation sites (N-methyl/N-ethyl adjacent to an activating group) is 1. The summed E-state index contributed by atoms with van der Waals surface area (Å²) in [5, 5.41) is 12.5. The maximum absolute atomic E-state index is 14.0. The zero-order valence-corrected chi connectivity index (χ0v) is 33.1. The van der Waals surface area contributed by atoms with Gasteiger partial charge in [-0.05, 0) is 85.3 Å². The highest BCUT2D eigenvalue weighted by atomic mass is 35.5. The first-order valence-corrected chi connectivity index (χ1v) is 19.9. The number of carbonyl (C=O) groups is 3. The van der Waals surface area contributed by atoms with Gasteiger partial charge in [0.25, 0.3) is 5.91 Å². The number of rotatable bonds is 11. The van der Waals surface area contributed by atoms with Gasteiger partial charge in [-0.3, -0.25) is 14.5 Å². The molecule has 8 rings (SSSR count). The van der Waals surface area contributed by atoms with Crippen molar-refractivity contribution in [1.29, 1.82) is 0 Å². The van der Waals surface area contributed by atoms with Gasteiger partial charge < -0.3 is 30.2 Å². The fourth-order valence-corrected chi connectivity index (χ4v) is 8.54. The number of imidazole rings is 2. The van der Waals surface area contributed by atoms with E-state index >= 15 is 0 Å². The van der Waals surface area contributed by atoms with E-state index in [-0.39, 0.29) is 23.9 Å². The summed E-state index contributed by atoms with van der Waals surface area (Å²) < 4.78 is 0. The van der Waals surface area contributed by atoms with Crippen molar-refractivity contribution in [3.8, 4) is 33.6 Å². The Kier molecular flexibility index (Phi) is 11.1. The number of aromatic nitrogens is 4. The molecule has 4 heterocycles. The van der Waals surface area contributed by atoms with Crippen molar-refractivity contribution < 1.29 is 19.5 Å². The van der Waals surface area contributed by atoms with Gasteiger partial charge in [0.1, 0.15) is 23.7 Å². The van der Waals surface area contributed by atoms with Crippen molar-refractivity contribution in [2.24, 2.45) is 0 Å². The highest BCUT2D eigenvalue weighted by molar-refractivity contribution is 6.30. The van der Waals surface area contributed by atoms with Gasteiger partial charge in [0, 0.05) is 18.1 Å². The molecule has 58 heavy (non-hydrogen) atoms. The van der Waals surface area contributed by atoms with Gasteiger partial charge in [0.2, 0.25) is 5.91 Å². The molecule has 6 aromatic rings. The number of nitrogens with one attached hydrogen (secondary N) is 3. The second-order valence-electron chi connectivity index (χ2n) is 15.1. The van der Waals surface area contributed by atoms with E-state index in [1.807, 2.05) is 72.6 Å². The molecule has 2 aromatic heterocycles. The minimum atomic E-state index is -1.25. The van der Waals surface area contributed by atoms with Crippen LogP contribution in [-0.4, -0.2) is 84.8 Å². The van der Waals surface area contributed by atoms with Crippen LogP contribution in [0.3, 0.4) is 0 Å². The Morgan fingerprint density at radius 3 is 1.71 bits per heavy atom. The molecule has 4 atom stereocenters. The highest BCUT2D eigenvalue weighted by Crippen LogP contribution is 2.37. The van der Waals surface area contributed by atoms with E-state index in [9.17, 15) is 19.5 Å². The second-order valence-corrected chi connectivity index (χ2v) is 15.5. The molecule has 1 unspecified atom stereocenters. The molecule has 0 spiro atoms. The van der Waals surface area contributed by atoms with Crippen LogP contribution in [0, 0.1) is 0 Å². The van der Waals surface area contributed by atoms with E-state index in [2.05, 4.69) is 56.7 Å². The molecule has 0 saturated carbocycles. The minimum Gasteiger partial charge on any atom is -0.465 e. The Hall–Kier alpha value is -6.24. The smallest absolute Gasteiger partial charge is 0.405 e. The average Bonchev–Trinajstić information content (AvgIpc) is 4.07. The lowest BCUT2D eigenvalue weighted by atomic mass is 10.0. The van der Waals surface area contributed by atoms with Gasteiger partial charge in [-0.25, -0.2) is 14.8 Å². The van der Waals surface area contributed by atoms with Crippen molar-refractivity contribution in [2.45, 2.75) is 49.9 Å². The quantitative estimate of drug-likeness (QED) is 0.103. The number of benzene rings is 4. The maximum Gasteiger partial charge on any atom is 0.405 e. The van der Waals surface area contributed by atoms with Crippen LogP contribution < -0.4 is 5.32 Å². The standard InChI is InChI=1S/C45H45ClN8O4/c1-52(2)40(33-11-6-12-34(46)25-33)44(56)54-24-8-14-38(54)42-48-27-36(50-42)31-21-17-29(18-22-31)28-15-19-30(20-16-28)35-26-47-41(49-35)37-13-7-23-53(37)43(55)39(51-45(57)58)32-9-4-3-5-10-32/h3-6,9-12,15-22,25-27,37-40,51H,7-8,13-14,23-24H2,1-2H3,(H,47,49)(H,48,50)(H,57,58)/t37-,38-,39+,40?/m0/s1. The van der Waals surface area contributed by atoms with E-state index in [1.165, 1.54) is 0 Å². The topological polar surface area (TPSA) is 151 Å². The van der Waals surface area contributed by atoms with Gasteiger partial charge in [-0.2, -0.15) is 0 Å². The SMILES string of the molecule is CN(C)C(C(=O)N1CCC[C@H]1c1ncc(-c2ccc(-c3ccc(-c4cnc([C@@H]5CCCN5C(=O)[C@H](NC(=O)O)c5ccccc5)[nH]4)cc3)cc2)[nH]1)c1cccc(Cl)c1. The second kappa shape index (κ2) is 16.7. The van der Waals surface area contributed by atoms with Crippen molar-refractivity contribution >= 4 is 29.5 Å². The van der Waals surface area contributed by atoms with Crippen LogP contribution >= 0.6 is 11.6 Å². The summed E-state index contributed by atoms with van der Waals surface area (Å²) in [4.78, 5) is 61.3. The van der Waals surface area contributed by atoms with Gasteiger partial charge in [0.15, 0.2) is 0 Å². The van der Waals surface area contributed by atoms with E-state index in [0.29, 0.717) is 29.5 Å². The van der Waals surface area contributed by atoms with Crippen molar-refractivity contribution in [3.05, 3.63) is 143 Å². The summed E-state index contributed by atoms with van der Waals surface area (Å²) in [5.41, 5.74) is 7.26. The van der Waals surface area contributed by atoms with Crippen LogP contribution in [0.15, 0.2) is 116 Å². The molecule has 0 aliphatic carbocycles. The van der Waals surface area contributed by atoms with Crippen LogP contribution in [0.2, 0.25) is 5.02 Å². The number of halogens is 1. The van der Waals surface area contributed by atoms with Crippen LogP contribution in [0.5, 0.6) is 0 Å². The molecular weight excluding hydrogens is 752 g/mol. The third-order valence-electron chi connectivity index (χ3n) is 11.2. The Morgan fingerprint density at radius 1 is 0.707 bits per heavy atom. The van der Waals surface area contributed by atoms with Crippen molar-refractivity contribution in [2.75, 3.05) is 27.2 Å². The van der Waals surface area contributed by atoms with Gasteiger partial charge in [-0.15, -0.1) is 0 Å². The molecule has 296 valence electrons. The fourth-order valence-electron chi connectivity index (χ4n) is 8.34. The molecule has 2 saturated heterocycles. The molecule has 2 aliphatic rings. The normalized spacial score (nSPS) is 17.7. The number of carbonyl (C=O) groups excluding carboxylic acids is 2. The van der Waals surface area contributed by atoms with Gasteiger partial charge in [0.05, 0.1) is 35.9 Å². The molecule has 3 amide bonds. The van der Waals surface area contributed by atoms with Crippen LogP contribution in [-0.2, 0) is 9.59 Å². The predicted molar refractivity (Wildman–Crippen MR) is 223 cm³/mol. The molecule has 0 radical (unpaired) electrons. The minimum absolute atomic E-state index is 0.0351. The predicted octanol–water partition coefficient (Wildman–Crippen LogP) is 8.43. The molecule has 0 bridgehead atoms. The first kappa shape index (κ1) is 38.6. The summed E-state index contributed by atoms with van der Waals surface area (Å²) in [5.74, 6) is 1.19. The van der Waals surface area contributed by atoms with Crippen LogP contribution in [0.25, 0.3) is 33.6 Å². The highest BCUT2D eigenvalue weighted by Gasteiger charge is 2.38. The number of nitrogens with zero attached hydrogens (tertiary/aromatic N) is 5. The first-order chi connectivity index (χ1) is 28.1. The monoisotopic (exact) mass is 796 g/mol. The average molecular weight is 797 g/mol. The molecule has 2 fully saturated rings. The van der Waals surface area contributed by atoms with Crippen LogP contribution in [0.4, 0.5) is 4.79 Å². The largest absolute Gasteiger partial charge is 0.465 e. The summed E-state index contributed by atoms with van der Waals surface area (Å²) in [6.07, 6.45) is 5.63. The Balaban J connectivity index is 0.930. The zero-order valence-electron chi connectivity index (χ0n) is 32.3. The number of carboxylic acid groups (broad SMARTS) is 1. The first-order valence-electron chi connectivity index (χ1n) is 19.5. The Morgan fingerprint density at radius 2 is 1.21 bits per heavy atom. The Labute approximate surface area is 341 Å². The number of H-pyrrole nitrogens is 2. The molecule has 13 heteroatoms. The molecule has 2 aliphatic heterocycles. The van der Waals surface area contributed by atoms with Crippen molar-refractivity contribution in [1.82, 2.24) is 40.0 Å². The number of amides is 3. The third kappa shape index (κ3) is 7.98. The van der Waals surface area contributed by atoms with E-state index in [0.717, 1.165) is 70.7 Å². The number of likely N-dealkylation sites (tertiary alicyclic amines) is 2. The van der Waals surface area contributed by atoms with E-state index in [1.54, 1.807) is 35.4 Å². The maximum atomic E-state index is 14.0. The van der Waals surface area contributed by atoms with E-state index in [4.69, 9.17) is 16.6 Å². The van der Waals surface area contributed by atoms with E-state index < -0.39 is 18.2 Å². The number of aromatic amines is 2. The fraction of sp³-hybridized carbons (Fsp3) is 0.267.